The predicted octanol–water partition coefficient (Wildman–Crippen LogP) is 5.10. The maximum atomic E-state index is 14.0. The summed E-state index contributed by atoms with van der Waals surface area (Å²) in [4.78, 5) is 12.8. The maximum Gasteiger partial charge on any atom is 0.338 e. The Morgan fingerprint density at radius 3 is 2.62 bits per heavy atom. The fourth-order valence-electron chi connectivity index (χ4n) is 3.61. The summed E-state index contributed by atoms with van der Waals surface area (Å²) in [6, 6.07) is 11.4. The first-order valence-electron chi connectivity index (χ1n) is 10.6. The van der Waals surface area contributed by atoms with Crippen molar-refractivity contribution < 1.29 is 28.1 Å². The lowest BCUT2D eigenvalue weighted by Crippen LogP contribution is -2.25. The molecule has 0 aromatic heterocycles. The van der Waals surface area contributed by atoms with Crippen LogP contribution >= 0.6 is 11.6 Å². The van der Waals surface area contributed by atoms with E-state index in [4.69, 9.17) is 36.3 Å². The third-order valence-corrected chi connectivity index (χ3v) is 5.38. The molecule has 0 aliphatic carbocycles. The van der Waals surface area contributed by atoms with Gasteiger partial charge in [0.2, 0.25) is 5.88 Å². The molecule has 0 fully saturated rings. The summed E-state index contributed by atoms with van der Waals surface area (Å²) in [7, 11) is 0. The first-order valence-corrected chi connectivity index (χ1v) is 11.0. The van der Waals surface area contributed by atoms with Crippen molar-refractivity contribution in [1.29, 1.82) is 5.26 Å². The summed E-state index contributed by atoms with van der Waals surface area (Å²) in [6.07, 6.45) is 0. The van der Waals surface area contributed by atoms with Gasteiger partial charge in [0, 0.05) is 5.56 Å². The number of nitrogens with zero attached hydrogens (tertiary/aromatic N) is 1. The largest absolute Gasteiger partial charge is 0.490 e. The highest BCUT2D eigenvalue weighted by molar-refractivity contribution is 6.32. The summed E-state index contributed by atoms with van der Waals surface area (Å²) in [5, 5.41) is 9.93. The highest BCUT2D eigenvalue weighted by Crippen LogP contribution is 2.45. The smallest absolute Gasteiger partial charge is 0.338 e. The molecule has 1 atom stereocenters. The number of carbonyl (C=O) groups is 1. The number of halogens is 2. The molecular formula is C25H24ClFN2O5. The summed E-state index contributed by atoms with van der Waals surface area (Å²) in [5.74, 6) is -1.37. The minimum Gasteiger partial charge on any atom is -0.490 e. The molecule has 0 bridgehead atoms. The van der Waals surface area contributed by atoms with E-state index in [1.54, 1.807) is 51.1 Å². The van der Waals surface area contributed by atoms with Crippen molar-refractivity contribution in [3.63, 3.8) is 0 Å². The molecule has 7 nitrogen and oxygen atoms in total. The molecule has 2 N–H and O–H groups in total. The molecule has 1 aliphatic heterocycles. The zero-order chi connectivity index (χ0) is 24.8. The number of allylic oxidation sites excluding steroid dienone is 2. The van der Waals surface area contributed by atoms with Gasteiger partial charge in [0.15, 0.2) is 11.5 Å². The Bertz CT molecular complexity index is 1200. The number of benzene rings is 2. The van der Waals surface area contributed by atoms with Crippen LogP contribution in [-0.2, 0) is 20.9 Å². The van der Waals surface area contributed by atoms with Crippen LogP contribution in [0.1, 0.15) is 37.8 Å². The second kappa shape index (κ2) is 10.9. The number of nitrogens with two attached hydrogens (primary N) is 1. The summed E-state index contributed by atoms with van der Waals surface area (Å²) in [5.41, 5.74) is 6.93. The molecule has 1 aliphatic rings. The number of hydrogen-bond donors (Lipinski definition) is 1. The highest BCUT2D eigenvalue weighted by Gasteiger charge is 2.37. The van der Waals surface area contributed by atoms with Crippen molar-refractivity contribution in [2.24, 2.45) is 5.73 Å². The summed E-state index contributed by atoms with van der Waals surface area (Å²) >= 11 is 6.56. The zero-order valence-electron chi connectivity index (χ0n) is 19.0. The Balaban J connectivity index is 2.08. The molecule has 0 radical (unpaired) electrons. The van der Waals surface area contributed by atoms with Crippen LogP contribution in [0.5, 0.6) is 11.5 Å². The zero-order valence-corrected chi connectivity index (χ0v) is 19.7. The lowest BCUT2D eigenvalue weighted by Gasteiger charge is -2.27. The van der Waals surface area contributed by atoms with Crippen LogP contribution in [0.4, 0.5) is 4.39 Å². The second-order valence-corrected chi connectivity index (χ2v) is 7.67. The summed E-state index contributed by atoms with van der Waals surface area (Å²) in [6.45, 7) is 5.36. The Morgan fingerprint density at radius 2 is 1.97 bits per heavy atom. The molecule has 3 rings (SSSR count). The van der Waals surface area contributed by atoms with Crippen molar-refractivity contribution >= 4 is 17.6 Å². The molecule has 178 valence electrons. The first kappa shape index (κ1) is 24.9. The van der Waals surface area contributed by atoms with Gasteiger partial charge in [0.05, 0.1) is 29.7 Å². The Kier molecular flexibility index (Phi) is 8.03. The van der Waals surface area contributed by atoms with Gasteiger partial charge in [-0.15, -0.1) is 0 Å². The van der Waals surface area contributed by atoms with Crippen LogP contribution in [0.2, 0.25) is 5.02 Å². The van der Waals surface area contributed by atoms with Crippen molar-refractivity contribution in [3.8, 4) is 17.6 Å². The number of hydrogen-bond acceptors (Lipinski definition) is 7. The van der Waals surface area contributed by atoms with Crippen LogP contribution in [0, 0.1) is 17.1 Å². The van der Waals surface area contributed by atoms with Crippen LogP contribution in [0.15, 0.2) is 59.2 Å². The molecular weight excluding hydrogens is 463 g/mol. The van der Waals surface area contributed by atoms with E-state index in [0.29, 0.717) is 11.1 Å². The fraction of sp³-hybridized carbons (Fsp3) is 0.280. The molecule has 2 aromatic rings. The Hall–Kier alpha value is -3.70. The number of rotatable bonds is 8. The molecule has 2 aromatic carbocycles. The normalized spacial score (nSPS) is 15.5. The number of carbonyl (C=O) groups excluding carboxylic acids is 1. The van der Waals surface area contributed by atoms with Crippen LogP contribution in [-0.4, -0.2) is 19.2 Å². The van der Waals surface area contributed by atoms with E-state index in [1.807, 2.05) is 6.07 Å². The average Bonchev–Trinajstić information content (AvgIpc) is 2.79. The van der Waals surface area contributed by atoms with Gasteiger partial charge in [-0.2, -0.15) is 5.26 Å². The molecule has 0 spiro atoms. The van der Waals surface area contributed by atoms with E-state index >= 15 is 0 Å². The minimum atomic E-state index is -0.893. The number of esters is 1. The first-order chi connectivity index (χ1) is 16.3. The van der Waals surface area contributed by atoms with E-state index in [0.717, 1.165) is 0 Å². The van der Waals surface area contributed by atoms with Gasteiger partial charge in [-0.05, 0) is 44.5 Å². The lowest BCUT2D eigenvalue weighted by molar-refractivity contribution is -0.139. The number of nitriles is 1. The fourth-order valence-corrected chi connectivity index (χ4v) is 3.88. The molecule has 34 heavy (non-hydrogen) atoms. The van der Waals surface area contributed by atoms with E-state index in [-0.39, 0.29) is 59.1 Å². The van der Waals surface area contributed by atoms with Gasteiger partial charge in [-0.3, -0.25) is 0 Å². The summed E-state index contributed by atoms with van der Waals surface area (Å²) < 4.78 is 36.2. The Morgan fingerprint density at radius 1 is 1.24 bits per heavy atom. The molecule has 0 saturated carbocycles. The number of ether oxygens (including phenoxy) is 4. The third-order valence-electron chi connectivity index (χ3n) is 5.10. The molecule has 1 heterocycles. The predicted molar refractivity (Wildman–Crippen MR) is 123 cm³/mol. The van der Waals surface area contributed by atoms with Gasteiger partial charge in [0.1, 0.15) is 29.8 Å². The van der Waals surface area contributed by atoms with Crippen LogP contribution < -0.4 is 15.2 Å². The second-order valence-electron chi connectivity index (χ2n) is 7.26. The van der Waals surface area contributed by atoms with Gasteiger partial charge >= 0.3 is 5.97 Å². The van der Waals surface area contributed by atoms with Gasteiger partial charge in [0.25, 0.3) is 0 Å². The molecule has 1 unspecified atom stereocenters. The molecule has 0 amide bonds. The van der Waals surface area contributed by atoms with Crippen LogP contribution in [0.25, 0.3) is 0 Å². The third kappa shape index (κ3) is 5.10. The molecule has 0 saturated heterocycles. The quantitative estimate of drug-likeness (QED) is 0.517. The lowest BCUT2D eigenvalue weighted by atomic mass is 9.83. The van der Waals surface area contributed by atoms with E-state index in [9.17, 15) is 14.4 Å². The van der Waals surface area contributed by atoms with Crippen molar-refractivity contribution in [2.45, 2.75) is 33.3 Å². The topological polar surface area (TPSA) is 104 Å². The van der Waals surface area contributed by atoms with Gasteiger partial charge < -0.3 is 24.7 Å². The van der Waals surface area contributed by atoms with E-state index < -0.39 is 17.7 Å². The van der Waals surface area contributed by atoms with Gasteiger partial charge in [-0.1, -0.05) is 29.8 Å². The average molecular weight is 487 g/mol. The van der Waals surface area contributed by atoms with E-state index in [1.165, 1.54) is 6.07 Å². The standard InChI is InChI=1S/C25H24ClFN2O5/c1-4-31-20-11-16(10-18(26)23(20)33-13-15-8-6-7-9-19(15)27)22-17(12-28)24(29)34-14(3)21(22)25(30)32-5-2/h6-11,22H,4-5,13,29H2,1-3H3. The van der Waals surface area contributed by atoms with Gasteiger partial charge in [-0.25, -0.2) is 9.18 Å². The Labute approximate surface area is 202 Å². The monoisotopic (exact) mass is 486 g/mol. The highest BCUT2D eigenvalue weighted by atomic mass is 35.5. The molecule has 9 heteroatoms. The van der Waals surface area contributed by atoms with E-state index in [2.05, 4.69) is 0 Å². The van der Waals surface area contributed by atoms with Crippen molar-refractivity contribution in [2.75, 3.05) is 13.2 Å². The maximum absolute atomic E-state index is 14.0. The van der Waals surface area contributed by atoms with Crippen LogP contribution in [0.3, 0.4) is 0 Å². The van der Waals surface area contributed by atoms with Crippen molar-refractivity contribution in [3.05, 3.63) is 81.2 Å². The van der Waals surface area contributed by atoms with Crippen molar-refractivity contribution in [1.82, 2.24) is 0 Å². The SMILES string of the molecule is CCOC(=O)C1=C(C)OC(N)=C(C#N)C1c1cc(Cl)c(OCc2ccccc2F)c(OCC)c1. The minimum absolute atomic E-state index is 0.0344.